The van der Waals surface area contributed by atoms with Gasteiger partial charge in [0, 0.05) is 12.6 Å². The molecule has 0 aliphatic carbocycles. The number of aromatic nitrogens is 2. The lowest BCUT2D eigenvalue weighted by atomic mass is 9.72. The van der Waals surface area contributed by atoms with Crippen LogP contribution in [0.15, 0.2) is 84.9 Å². The number of piperidine rings is 1. The monoisotopic (exact) mass is 653 g/mol. The molecule has 1 saturated heterocycles. The zero-order valence-electron chi connectivity index (χ0n) is 23.4. The molecule has 45 heavy (non-hydrogen) atoms. The Morgan fingerprint density at radius 3 is 1.62 bits per heavy atom. The lowest BCUT2D eigenvalue weighted by Crippen LogP contribution is -2.44. The third-order valence-corrected chi connectivity index (χ3v) is 7.60. The first kappa shape index (κ1) is 32.3. The molecule has 1 aliphatic heterocycles. The number of hydrogen-bond acceptors (Lipinski definition) is 7. The van der Waals surface area contributed by atoms with Gasteiger partial charge in [0.15, 0.2) is 5.15 Å². The summed E-state index contributed by atoms with van der Waals surface area (Å²) in [6.07, 6.45) is -8.79. The number of likely N-dealkylation sites (tertiary alicyclic amines) is 1. The fourth-order valence-corrected chi connectivity index (χ4v) is 5.47. The number of hydrogen-bond donors (Lipinski definition) is 1. The van der Waals surface area contributed by atoms with Crippen molar-refractivity contribution in [2.24, 2.45) is 5.92 Å². The number of rotatable bonds is 9. The van der Waals surface area contributed by atoms with Gasteiger partial charge in [0.2, 0.25) is 5.88 Å². The zero-order valence-corrected chi connectivity index (χ0v) is 24.1. The van der Waals surface area contributed by atoms with Crippen LogP contribution in [0.3, 0.4) is 0 Å². The molecule has 1 aromatic heterocycles. The van der Waals surface area contributed by atoms with Crippen LogP contribution in [0.1, 0.15) is 29.5 Å². The highest BCUT2D eigenvalue weighted by molar-refractivity contribution is 6.29. The highest BCUT2D eigenvalue weighted by Crippen LogP contribution is 2.43. The predicted octanol–water partition coefficient (Wildman–Crippen LogP) is 7.87. The lowest BCUT2D eigenvalue weighted by Gasteiger charge is -2.42. The van der Waals surface area contributed by atoms with Gasteiger partial charge in [-0.25, -0.2) is 0 Å². The highest BCUT2D eigenvalue weighted by atomic mass is 35.5. The Labute approximate surface area is 258 Å². The van der Waals surface area contributed by atoms with Gasteiger partial charge in [-0.2, -0.15) is 0 Å². The molecule has 0 bridgehead atoms. The van der Waals surface area contributed by atoms with Crippen molar-refractivity contribution in [2.45, 2.75) is 37.7 Å². The summed E-state index contributed by atoms with van der Waals surface area (Å²) in [6, 6.07) is 20.3. The van der Waals surface area contributed by atoms with E-state index in [-0.39, 0.29) is 16.3 Å². The quantitative estimate of drug-likeness (QED) is 0.184. The maximum Gasteiger partial charge on any atom is 0.573 e. The highest BCUT2D eigenvalue weighted by Gasteiger charge is 2.42. The smallest absolute Gasteiger partial charge is 0.438 e. The Morgan fingerprint density at radius 1 is 0.689 bits per heavy atom. The molecule has 0 amide bonds. The third kappa shape index (κ3) is 8.56. The first-order valence-corrected chi connectivity index (χ1v) is 14.1. The van der Waals surface area contributed by atoms with Crippen molar-refractivity contribution in [3.05, 3.63) is 107 Å². The topological polar surface area (TPSA) is 76.9 Å². The molecule has 1 aliphatic rings. The van der Waals surface area contributed by atoms with Crippen molar-refractivity contribution in [1.29, 1.82) is 0 Å². The standard InChI is InChI=1S/C31H26ClF6N3O4/c32-27-13-14-28(40-39-27)43-24-7-1-20(2-8-24)19-41-17-15-23(16-18-41)29(42,21-3-9-25(10-4-21)44-30(33,34)35)22-5-11-26(12-6-22)45-31(36,37)38/h1-14,23,42H,15-19H2. The summed E-state index contributed by atoms with van der Waals surface area (Å²) in [4.78, 5) is 2.19. The minimum absolute atomic E-state index is 0.252. The van der Waals surface area contributed by atoms with Gasteiger partial charge in [-0.3, -0.25) is 4.90 Å². The van der Waals surface area contributed by atoms with Crippen molar-refractivity contribution in [1.82, 2.24) is 15.1 Å². The molecule has 0 saturated carbocycles. The number of benzene rings is 3. The number of nitrogens with zero attached hydrogens (tertiary/aromatic N) is 3. The second-order valence-electron chi connectivity index (χ2n) is 10.4. The van der Waals surface area contributed by atoms with E-state index < -0.39 is 35.7 Å². The van der Waals surface area contributed by atoms with Crippen LogP contribution in [0.2, 0.25) is 5.15 Å². The van der Waals surface area contributed by atoms with Crippen molar-refractivity contribution in [3.63, 3.8) is 0 Å². The van der Waals surface area contributed by atoms with Crippen LogP contribution in [0.4, 0.5) is 26.3 Å². The van der Waals surface area contributed by atoms with E-state index in [4.69, 9.17) is 16.3 Å². The molecule has 3 aromatic carbocycles. The van der Waals surface area contributed by atoms with E-state index in [2.05, 4.69) is 24.6 Å². The van der Waals surface area contributed by atoms with Gasteiger partial charge in [0.05, 0.1) is 0 Å². The van der Waals surface area contributed by atoms with Gasteiger partial charge >= 0.3 is 12.7 Å². The summed E-state index contributed by atoms with van der Waals surface area (Å²) in [5, 5.41) is 20.0. The molecule has 1 N–H and O–H groups in total. The SMILES string of the molecule is OC(c1ccc(OC(F)(F)F)cc1)(c1ccc(OC(F)(F)F)cc1)C1CCN(Cc2ccc(Oc3ccc(Cl)nn3)cc2)CC1. The van der Waals surface area contributed by atoms with E-state index in [9.17, 15) is 31.4 Å². The van der Waals surface area contributed by atoms with Crippen molar-refractivity contribution >= 4 is 11.6 Å². The minimum Gasteiger partial charge on any atom is -0.438 e. The zero-order chi connectivity index (χ0) is 32.2. The average Bonchev–Trinajstić information content (AvgIpc) is 2.98. The van der Waals surface area contributed by atoms with Crippen LogP contribution < -0.4 is 14.2 Å². The second kappa shape index (κ2) is 13.1. The Kier molecular flexibility index (Phi) is 9.42. The molecule has 5 rings (SSSR count). The largest absolute Gasteiger partial charge is 0.573 e. The van der Waals surface area contributed by atoms with Gasteiger partial charge in [0.25, 0.3) is 0 Å². The van der Waals surface area contributed by atoms with Crippen LogP contribution in [0.5, 0.6) is 23.1 Å². The maximum atomic E-state index is 12.7. The summed E-state index contributed by atoms with van der Waals surface area (Å²) in [5.41, 5.74) is -0.149. The van der Waals surface area contributed by atoms with E-state index in [0.717, 1.165) is 29.8 Å². The van der Waals surface area contributed by atoms with Crippen molar-refractivity contribution < 1.29 is 45.7 Å². The lowest BCUT2D eigenvalue weighted by molar-refractivity contribution is -0.275. The van der Waals surface area contributed by atoms with E-state index in [0.29, 0.717) is 44.1 Å². The van der Waals surface area contributed by atoms with Gasteiger partial charge in [-0.15, -0.1) is 36.5 Å². The second-order valence-corrected chi connectivity index (χ2v) is 10.8. The van der Waals surface area contributed by atoms with Crippen LogP contribution in [-0.4, -0.2) is 46.0 Å². The predicted molar refractivity (Wildman–Crippen MR) is 151 cm³/mol. The number of halogens is 7. The van der Waals surface area contributed by atoms with E-state index in [1.54, 1.807) is 24.3 Å². The summed E-state index contributed by atoms with van der Waals surface area (Å²) >= 11 is 5.75. The van der Waals surface area contributed by atoms with E-state index in [1.807, 2.05) is 12.1 Å². The maximum absolute atomic E-state index is 12.7. The fraction of sp³-hybridized carbons (Fsp3) is 0.290. The van der Waals surface area contributed by atoms with Crippen LogP contribution in [0.25, 0.3) is 0 Å². The third-order valence-electron chi connectivity index (χ3n) is 7.39. The molecule has 238 valence electrons. The van der Waals surface area contributed by atoms with Crippen molar-refractivity contribution in [2.75, 3.05) is 13.1 Å². The molecular formula is C31H26ClF6N3O4. The first-order chi connectivity index (χ1) is 21.3. The van der Waals surface area contributed by atoms with Crippen molar-refractivity contribution in [3.8, 4) is 23.1 Å². The Bertz CT molecular complexity index is 1480. The molecule has 7 nitrogen and oxygen atoms in total. The number of aliphatic hydroxyl groups is 1. The normalized spacial score (nSPS) is 15.1. The summed E-state index contributed by atoms with van der Waals surface area (Å²) < 4.78 is 89.9. The fourth-order valence-electron chi connectivity index (χ4n) is 5.37. The van der Waals surface area contributed by atoms with Gasteiger partial charge in [0.1, 0.15) is 22.8 Å². The Morgan fingerprint density at radius 2 is 1.18 bits per heavy atom. The molecule has 0 unspecified atom stereocenters. The summed E-state index contributed by atoms with van der Waals surface area (Å²) in [7, 11) is 0. The number of ether oxygens (including phenoxy) is 3. The molecule has 2 heterocycles. The molecule has 14 heteroatoms. The summed E-state index contributed by atoms with van der Waals surface area (Å²) in [5.74, 6) is -0.470. The van der Waals surface area contributed by atoms with Crippen LogP contribution >= 0.6 is 11.6 Å². The molecule has 0 spiro atoms. The molecule has 4 aromatic rings. The van der Waals surface area contributed by atoms with Gasteiger partial charge in [-0.1, -0.05) is 48.0 Å². The molecule has 0 radical (unpaired) electrons. The summed E-state index contributed by atoms with van der Waals surface area (Å²) in [6.45, 7) is 1.77. The Balaban J connectivity index is 1.29. The van der Waals surface area contributed by atoms with Crippen LogP contribution in [0, 0.1) is 5.92 Å². The first-order valence-electron chi connectivity index (χ1n) is 13.7. The Hall–Kier alpha value is -4.07. The van der Waals surface area contributed by atoms with E-state index >= 15 is 0 Å². The van der Waals surface area contributed by atoms with E-state index in [1.165, 1.54) is 24.3 Å². The average molecular weight is 654 g/mol. The number of alkyl halides is 6. The van der Waals surface area contributed by atoms with Gasteiger partial charge in [-0.05, 0) is 91.0 Å². The van der Waals surface area contributed by atoms with Gasteiger partial charge < -0.3 is 19.3 Å². The van der Waals surface area contributed by atoms with Crippen LogP contribution in [-0.2, 0) is 12.1 Å². The molecular weight excluding hydrogens is 628 g/mol. The molecule has 0 atom stereocenters. The minimum atomic E-state index is -4.89. The molecule has 1 fully saturated rings.